The van der Waals surface area contributed by atoms with E-state index in [4.69, 9.17) is 9.47 Å². The van der Waals surface area contributed by atoms with E-state index in [0.29, 0.717) is 37.7 Å². The summed E-state index contributed by atoms with van der Waals surface area (Å²) >= 11 is 0. The molecule has 5 heteroatoms. The van der Waals surface area contributed by atoms with Crippen LogP contribution in [0.2, 0.25) is 0 Å². The van der Waals surface area contributed by atoms with E-state index in [-0.39, 0.29) is 5.92 Å². The zero-order chi connectivity index (χ0) is 13.7. The van der Waals surface area contributed by atoms with E-state index in [1.807, 2.05) is 4.90 Å². The molecule has 0 aromatic carbocycles. The first-order valence-electron chi connectivity index (χ1n) is 7.29. The van der Waals surface area contributed by atoms with Crippen molar-refractivity contribution in [3.05, 3.63) is 0 Å². The molecule has 2 fully saturated rings. The second kappa shape index (κ2) is 7.22. The monoisotopic (exact) mass is 270 g/mol. The maximum atomic E-state index is 12.6. The Morgan fingerprint density at radius 1 is 1.21 bits per heavy atom. The molecule has 110 valence electrons. The topological polar surface area (TPSA) is 50.8 Å². The van der Waals surface area contributed by atoms with Gasteiger partial charge in [0.1, 0.15) is 0 Å². The maximum absolute atomic E-state index is 12.6. The number of nitrogens with one attached hydrogen (secondary N) is 1. The number of amides is 1. The standard InChI is InChI=1S/C14H26N2O3/c1-18-8-3-6-16(7-9-19-2)14(17)12-10-11-4-5-13(12)15-11/h11-13,15H,3-10H2,1-2H3. The summed E-state index contributed by atoms with van der Waals surface area (Å²) < 4.78 is 10.2. The molecule has 0 aromatic heterocycles. The second-order valence-electron chi connectivity index (χ2n) is 5.55. The number of nitrogens with zero attached hydrogens (tertiary/aromatic N) is 1. The molecule has 3 unspecified atom stereocenters. The quantitative estimate of drug-likeness (QED) is 0.658. The molecular formula is C14H26N2O3. The Balaban J connectivity index is 1.86. The molecule has 2 aliphatic heterocycles. The molecule has 2 heterocycles. The van der Waals surface area contributed by atoms with Crippen molar-refractivity contribution >= 4 is 5.91 Å². The zero-order valence-electron chi connectivity index (χ0n) is 12.1. The molecule has 2 rings (SSSR count). The Morgan fingerprint density at radius 3 is 2.58 bits per heavy atom. The lowest BCUT2D eigenvalue weighted by atomic mass is 9.88. The average molecular weight is 270 g/mol. The molecule has 2 bridgehead atoms. The molecule has 19 heavy (non-hydrogen) atoms. The van der Waals surface area contributed by atoms with Gasteiger partial charge >= 0.3 is 0 Å². The van der Waals surface area contributed by atoms with Crippen molar-refractivity contribution in [1.82, 2.24) is 10.2 Å². The number of carbonyl (C=O) groups excluding carboxylic acids is 1. The van der Waals surface area contributed by atoms with Crippen LogP contribution in [0.3, 0.4) is 0 Å². The van der Waals surface area contributed by atoms with Crippen molar-refractivity contribution in [3.63, 3.8) is 0 Å². The molecule has 5 nitrogen and oxygen atoms in total. The highest BCUT2D eigenvalue weighted by atomic mass is 16.5. The lowest BCUT2D eigenvalue weighted by molar-refractivity contribution is -0.137. The van der Waals surface area contributed by atoms with E-state index in [1.54, 1.807) is 14.2 Å². The van der Waals surface area contributed by atoms with Crippen molar-refractivity contribution in [2.75, 3.05) is 40.5 Å². The lowest BCUT2D eigenvalue weighted by Crippen LogP contribution is -2.43. The van der Waals surface area contributed by atoms with Gasteiger partial charge in [-0.05, 0) is 25.7 Å². The molecule has 1 N–H and O–H groups in total. The number of carbonyl (C=O) groups is 1. The number of fused-ring (bicyclic) bond motifs is 2. The van der Waals surface area contributed by atoms with E-state index in [9.17, 15) is 4.79 Å². The largest absolute Gasteiger partial charge is 0.385 e. The number of ether oxygens (including phenoxy) is 2. The third kappa shape index (κ3) is 3.68. The summed E-state index contributed by atoms with van der Waals surface area (Å²) in [4.78, 5) is 14.6. The molecule has 0 aliphatic carbocycles. The van der Waals surface area contributed by atoms with Gasteiger partial charge in [-0.3, -0.25) is 4.79 Å². The van der Waals surface area contributed by atoms with Gasteiger partial charge in [-0.1, -0.05) is 0 Å². The summed E-state index contributed by atoms with van der Waals surface area (Å²) in [6.45, 7) is 2.76. The molecule has 0 saturated carbocycles. The number of hydrogen-bond acceptors (Lipinski definition) is 4. The van der Waals surface area contributed by atoms with Crippen molar-refractivity contribution in [3.8, 4) is 0 Å². The molecule has 0 spiro atoms. The van der Waals surface area contributed by atoms with Crippen LogP contribution in [0.25, 0.3) is 0 Å². The normalized spacial score (nSPS) is 28.8. The van der Waals surface area contributed by atoms with Crippen LogP contribution in [-0.2, 0) is 14.3 Å². The lowest BCUT2D eigenvalue weighted by Gasteiger charge is -2.28. The van der Waals surface area contributed by atoms with Crippen molar-refractivity contribution in [2.24, 2.45) is 5.92 Å². The van der Waals surface area contributed by atoms with Crippen LogP contribution in [0, 0.1) is 5.92 Å². The number of rotatable bonds is 8. The van der Waals surface area contributed by atoms with Gasteiger partial charge < -0.3 is 19.7 Å². The predicted octanol–water partition coefficient (Wildman–Crippen LogP) is 0.638. The second-order valence-corrected chi connectivity index (χ2v) is 5.55. The summed E-state index contributed by atoms with van der Waals surface area (Å²) in [6.07, 6.45) is 4.28. The summed E-state index contributed by atoms with van der Waals surface area (Å²) in [5.74, 6) is 0.478. The third-order valence-electron chi connectivity index (χ3n) is 4.27. The van der Waals surface area contributed by atoms with Crippen LogP contribution in [0.4, 0.5) is 0 Å². The highest BCUT2D eigenvalue weighted by Crippen LogP contribution is 2.34. The van der Waals surface area contributed by atoms with Crippen molar-refractivity contribution in [1.29, 1.82) is 0 Å². The van der Waals surface area contributed by atoms with Gasteiger partial charge in [0, 0.05) is 46.0 Å². The SMILES string of the molecule is COCCCN(CCOC)C(=O)C1CC2CCC1N2. The van der Waals surface area contributed by atoms with Crippen molar-refractivity contribution in [2.45, 2.75) is 37.8 Å². The van der Waals surface area contributed by atoms with Crippen LogP contribution >= 0.6 is 0 Å². The minimum absolute atomic E-state index is 0.179. The third-order valence-corrected chi connectivity index (χ3v) is 4.27. The summed E-state index contributed by atoms with van der Waals surface area (Å²) in [7, 11) is 3.37. The van der Waals surface area contributed by atoms with Gasteiger partial charge in [0.25, 0.3) is 0 Å². The Kier molecular flexibility index (Phi) is 5.60. The first-order chi connectivity index (χ1) is 9.26. The molecule has 0 radical (unpaired) electrons. The van der Waals surface area contributed by atoms with Crippen LogP contribution < -0.4 is 5.32 Å². The molecule has 1 amide bonds. The fourth-order valence-corrected chi connectivity index (χ4v) is 3.27. The molecule has 3 atom stereocenters. The van der Waals surface area contributed by atoms with E-state index in [0.717, 1.165) is 25.8 Å². The van der Waals surface area contributed by atoms with Crippen LogP contribution in [0.5, 0.6) is 0 Å². The van der Waals surface area contributed by atoms with E-state index < -0.39 is 0 Å². The average Bonchev–Trinajstić information content (AvgIpc) is 3.04. The van der Waals surface area contributed by atoms with Crippen molar-refractivity contribution < 1.29 is 14.3 Å². The highest BCUT2D eigenvalue weighted by Gasteiger charge is 2.43. The smallest absolute Gasteiger partial charge is 0.227 e. The zero-order valence-corrected chi connectivity index (χ0v) is 12.1. The fraction of sp³-hybridized carbons (Fsp3) is 0.929. The van der Waals surface area contributed by atoms with E-state index in [2.05, 4.69) is 5.32 Å². The minimum Gasteiger partial charge on any atom is -0.385 e. The van der Waals surface area contributed by atoms with Crippen LogP contribution in [0.1, 0.15) is 25.7 Å². The van der Waals surface area contributed by atoms with Gasteiger partial charge in [-0.2, -0.15) is 0 Å². The number of hydrogen-bond donors (Lipinski definition) is 1. The summed E-state index contributed by atoms with van der Waals surface area (Å²) in [6, 6.07) is 0.979. The Labute approximate surface area is 115 Å². The van der Waals surface area contributed by atoms with Crippen LogP contribution in [-0.4, -0.2) is 63.4 Å². The minimum atomic E-state index is 0.179. The van der Waals surface area contributed by atoms with Gasteiger partial charge in [0.2, 0.25) is 5.91 Å². The molecule has 0 aromatic rings. The number of methoxy groups -OCH3 is 2. The maximum Gasteiger partial charge on any atom is 0.227 e. The van der Waals surface area contributed by atoms with E-state index in [1.165, 1.54) is 6.42 Å². The van der Waals surface area contributed by atoms with Gasteiger partial charge in [-0.25, -0.2) is 0 Å². The Morgan fingerprint density at radius 2 is 2.00 bits per heavy atom. The van der Waals surface area contributed by atoms with Gasteiger partial charge in [-0.15, -0.1) is 0 Å². The summed E-state index contributed by atoms with van der Waals surface area (Å²) in [5, 5.41) is 3.53. The highest BCUT2D eigenvalue weighted by molar-refractivity contribution is 5.80. The predicted molar refractivity (Wildman–Crippen MR) is 73.0 cm³/mol. The fourth-order valence-electron chi connectivity index (χ4n) is 3.27. The molecule has 2 aliphatic rings. The van der Waals surface area contributed by atoms with E-state index >= 15 is 0 Å². The molecule has 2 saturated heterocycles. The van der Waals surface area contributed by atoms with Crippen LogP contribution in [0.15, 0.2) is 0 Å². The molecular weight excluding hydrogens is 244 g/mol. The first kappa shape index (κ1) is 14.8. The Hall–Kier alpha value is -0.650. The summed E-state index contributed by atoms with van der Waals surface area (Å²) in [5.41, 5.74) is 0. The van der Waals surface area contributed by atoms with Gasteiger partial charge in [0.05, 0.1) is 12.5 Å². The van der Waals surface area contributed by atoms with Gasteiger partial charge in [0.15, 0.2) is 0 Å². The first-order valence-corrected chi connectivity index (χ1v) is 7.29. The Bertz CT molecular complexity index is 298.